The van der Waals surface area contributed by atoms with Crippen molar-refractivity contribution < 1.29 is 19.3 Å². The first-order valence-corrected chi connectivity index (χ1v) is 6.28. The van der Waals surface area contributed by atoms with Gasteiger partial charge in [0, 0.05) is 47.1 Å². The fraction of sp³-hybridized carbons (Fsp3) is 1.00. The molecule has 0 aromatic heterocycles. The minimum atomic E-state index is -0.209. The van der Waals surface area contributed by atoms with Crippen molar-refractivity contribution in [3.8, 4) is 0 Å². The van der Waals surface area contributed by atoms with Crippen LogP contribution in [-0.4, -0.2) is 82.9 Å². The molecule has 0 heterocycles. The molecule has 0 amide bonds. The van der Waals surface area contributed by atoms with E-state index in [0.29, 0.717) is 19.8 Å². The molecule has 0 radical (unpaired) electrons. The molecular weight excluding hydrogens is 236 g/mol. The number of hydrogen-bond donors (Lipinski definition) is 2. The predicted octanol–water partition coefficient (Wildman–Crippen LogP) is -0.694. The van der Waals surface area contributed by atoms with Gasteiger partial charge in [-0.05, 0) is 6.42 Å². The zero-order valence-electron chi connectivity index (χ0n) is 11.8. The molecule has 110 valence electrons. The first kappa shape index (κ1) is 17.8. The summed E-state index contributed by atoms with van der Waals surface area (Å²) in [6.07, 6.45) is 0.899. The predicted molar refractivity (Wildman–Crippen MR) is 70.7 cm³/mol. The van der Waals surface area contributed by atoms with Gasteiger partial charge in [-0.2, -0.15) is 0 Å². The van der Waals surface area contributed by atoms with Crippen LogP contribution in [0.1, 0.15) is 6.42 Å². The topological polar surface area (TPSA) is 77.2 Å². The molecule has 6 nitrogen and oxygen atoms in total. The van der Waals surface area contributed by atoms with Gasteiger partial charge in [0.05, 0.1) is 25.9 Å². The Labute approximate surface area is 110 Å². The van der Waals surface area contributed by atoms with Crippen molar-refractivity contribution in [3.05, 3.63) is 0 Å². The SMILES string of the molecule is COCCCN(CCOC)C(CO)C(N)COC. The molecule has 2 atom stereocenters. The number of nitrogens with zero attached hydrogens (tertiary/aromatic N) is 1. The lowest BCUT2D eigenvalue weighted by Crippen LogP contribution is -2.53. The Morgan fingerprint density at radius 3 is 2.22 bits per heavy atom. The standard InChI is InChI=1S/C12H28N2O4/c1-16-7-4-5-14(6-8-17-2)12(9-15)11(13)10-18-3/h11-12,15H,4-10,13H2,1-3H3. The molecule has 18 heavy (non-hydrogen) atoms. The minimum absolute atomic E-state index is 0.0151. The largest absolute Gasteiger partial charge is 0.395 e. The summed E-state index contributed by atoms with van der Waals surface area (Å²) >= 11 is 0. The Bertz CT molecular complexity index is 183. The molecule has 0 rings (SSSR count). The monoisotopic (exact) mass is 264 g/mol. The van der Waals surface area contributed by atoms with Crippen LogP contribution < -0.4 is 5.73 Å². The van der Waals surface area contributed by atoms with E-state index >= 15 is 0 Å². The van der Waals surface area contributed by atoms with Crippen molar-refractivity contribution >= 4 is 0 Å². The van der Waals surface area contributed by atoms with E-state index in [9.17, 15) is 5.11 Å². The maximum Gasteiger partial charge on any atom is 0.0629 e. The number of hydrogen-bond acceptors (Lipinski definition) is 6. The third-order valence-corrected chi connectivity index (χ3v) is 2.89. The maximum atomic E-state index is 9.50. The highest BCUT2D eigenvalue weighted by Gasteiger charge is 2.23. The number of nitrogens with two attached hydrogens (primary N) is 1. The molecule has 0 spiro atoms. The van der Waals surface area contributed by atoms with E-state index in [2.05, 4.69) is 4.90 Å². The van der Waals surface area contributed by atoms with Crippen LogP contribution in [-0.2, 0) is 14.2 Å². The summed E-state index contributed by atoms with van der Waals surface area (Å²) in [7, 11) is 4.95. The molecule has 2 unspecified atom stereocenters. The summed E-state index contributed by atoms with van der Waals surface area (Å²) in [4.78, 5) is 2.13. The summed E-state index contributed by atoms with van der Waals surface area (Å²) in [5.74, 6) is 0. The molecule has 0 saturated heterocycles. The first-order valence-electron chi connectivity index (χ1n) is 6.28. The lowest BCUT2D eigenvalue weighted by atomic mass is 10.1. The van der Waals surface area contributed by atoms with Gasteiger partial charge >= 0.3 is 0 Å². The van der Waals surface area contributed by atoms with Crippen LogP contribution in [0.3, 0.4) is 0 Å². The third kappa shape index (κ3) is 7.25. The smallest absolute Gasteiger partial charge is 0.0629 e. The number of methoxy groups -OCH3 is 3. The van der Waals surface area contributed by atoms with Gasteiger partial charge < -0.3 is 25.1 Å². The average Bonchev–Trinajstić information content (AvgIpc) is 2.36. The summed E-state index contributed by atoms with van der Waals surface area (Å²) in [6.45, 7) is 3.31. The van der Waals surface area contributed by atoms with Crippen molar-refractivity contribution in [2.24, 2.45) is 5.73 Å². The van der Waals surface area contributed by atoms with Gasteiger partial charge in [0.25, 0.3) is 0 Å². The van der Waals surface area contributed by atoms with Gasteiger partial charge in [0.15, 0.2) is 0 Å². The second-order valence-corrected chi connectivity index (χ2v) is 4.24. The van der Waals surface area contributed by atoms with E-state index < -0.39 is 0 Å². The molecule has 6 heteroatoms. The summed E-state index contributed by atoms with van der Waals surface area (Å²) in [5, 5.41) is 9.50. The van der Waals surface area contributed by atoms with Crippen LogP contribution in [0.4, 0.5) is 0 Å². The molecule has 0 aliphatic heterocycles. The molecule has 3 N–H and O–H groups in total. The second-order valence-electron chi connectivity index (χ2n) is 4.24. The van der Waals surface area contributed by atoms with Gasteiger partial charge in [-0.25, -0.2) is 0 Å². The Hall–Kier alpha value is -0.240. The highest BCUT2D eigenvalue weighted by atomic mass is 16.5. The molecular formula is C12H28N2O4. The zero-order valence-corrected chi connectivity index (χ0v) is 11.8. The van der Waals surface area contributed by atoms with Crippen LogP contribution in [0.15, 0.2) is 0 Å². The lowest BCUT2D eigenvalue weighted by Gasteiger charge is -2.34. The molecule has 0 aromatic rings. The highest BCUT2D eigenvalue weighted by molar-refractivity contribution is 4.81. The van der Waals surface area contributed by atoms with Crippen molar-refractivity contribution in [3.63, 3.8) is 0 Å². The van der Waals surface area contributed by atoms with Crippen molar-refractivity contribution in [1.29, 1.82) is 0 Å². The van der Waals surface area contributed by atoms with Crippen LogP contribution in [0.25, 0.3) is 0 Å². The summed E-state index contributed by atoms with van der Waals surface area (Å²) < 4.78 is 15.2. The van der Waals surface area contributed by atoms with E-state index in [4.69, 9.17) is 19.9 Å². The average molecular weight is 264 g/mol. The number of aliphatic hydroxyl groups excluding tert-OH is 1. The van der Waals surface area contributed by atoms with Gasteiger partial charge in [0.2, 0.25) is 0 Å². The van der Waals surface area contributed by atoms with Crippen LogP contribution in [0, 0.1) is 0 Å². The maximum absolute atomic E-state index is 9.50. The van der Waals surface area contributed by atoms with Crippen LogP contribution >= 0.6 is 0 Å². The van der Waals surface area contributed by atoms with Crippen molar-refractivity contribution in [1.82, 2.24) is 4.90 Å². The molecule has 0 bridgehead atoms. The summed E-state index contributed by atoms with van der Waals surface area (Å²) in [5.41, 5.74) is 6.02. The first-order chi connectivity index (χ1) is 8.71. The van der Waals surface area contributed by atoms with Crippen molar-refractivity contribution in [2.45, 2.75) is 18.5 Å². The molecule has 0 saturated carbocycles. The van der Waals surface area contributed by atoms with E-state index in [0.717, 1.165) is 19.5 Å². The molecule has 0 fully saturated rings. The van der Waals surface area contributed by atoms with E-state index in [-0.39, 0.29) is 18.7 Å². The second kappa shape index (κ2) is 11.8. The van der Waals surface area contributed by atoms with Gasteiger partial charge in [0.1, 0.15) is 0 Å². The highest BCUT2D eigenvalue weighted by Crippen LogP contribution is 2.05. The quantitative estimate of drug-likeness (QED) is 0.454. The molecule has 0 aromatic carbocycles. The Morgan fingerprint density at radius 1 is 1.06 bits per heavy atom. The van der Waals surface area contributed by atoms with Gasteiger partial charge in [-0.1, -0.05) is 0 Å². The Kier molecular flexibility index (Phi) is 11.7. The third-order valence-electron chi connectivity index (χ3n) is 2.89. The minimum Gasteiger partial charge on any atom is -0.395 e. The van der Waals surface area contributed by atoms with Gasteiger partial charge in [-0.15, -0.1) is 0 Å². The van der Waals surface area contributed by atoms with Crippen LogP contribution in [0.5, 0.6) is 0 Å². The Morgan fingerprint density at radius 2 is 1.72 bits per heavy atom. The molecule has 0 aliphatic carbocycles. The fourth-order valence-corrected chi connectivity index (χ4v) is 1.89. The normalized spacial score (nSPS) is 15.0. The van der Waals surface area contributed by atoms with Crippen molar-refractivity contribution in [2.75, 3.05) is 60.8 Å². The van der Waals surface area contributed by atoms with E-state index in [1.54, 1.807) is 21.3 Å². The van der Waals surface area contributed by atoms with E-state index in [1.165, 1.54) is 0 Å². The fourth-order valence-electron chi connectivity index (χ4n) is 1.89. The number of ether oxygens (including phenoxy) is 3. The zero-order chi connectivity index (χ0) is 13.8. The van der Waals surface area contributed by atoms with Gasteiger partial charge in [-0.3, -0.25) is 4.90 Å². The number of aliphatic hydroxyl groups is 1. The van der Waals surface area contributed by atoms with E-state index in [1.807, 2.05) is 0 Å². The number of rotatable bonds is 12. The molecule has 0 aliphatic rings. The Balaban J connectivity index is 4.35. The summed E-state index contributed by atoms with van der Waals surface area (Å²) in [6, 6.07) is -0.323. The lowest BCUT2D eigenvalue weighted by molar-refractivity contribution is 0.0467. The van der Waals surface area contributed by atoms with Crippen LogP contribution in [0.2, 0.25) is 0 Å².